The van der Waals surface area contributed by atoms with Crippen LogP contribution in [0.3, 0.4) is 0 Å². The summed E-state index contributed by atoms with van der Waals surface area (Å²) in [6, 6.07) is 0. The highest BCUT2D eigenvalue weighted by Crippen LogP contribution is 2.21. The van der Waals surface area contributed by atoms with E-state index in [1.807, 2.05) is 0 Å². The van der Waals surface area contributed by atoms with Crippen molar-refractivity contribution >= 4 is 23.9 Å². The second-order valence-corrected chi connectivity index (χ2v) is 6.34. The summed E-state index contributed by atoms with van der Waals surface area (Å²) in [5.74, 6) is -2.98. The highest BCUT2D eigenvalue weighted by atomic mass is 16.6. The van der Waals surface area contributed by atoms with Gasteiger partial charge in [0.25, 0.3) is 0 Å². The molecular formula is C18H24O8. The Labute approximate surface area is 151 Å². The van der Waals surface area contributed by atoms with Gasteiger partial charge in [0.05, 0.1) is 0 Å². The molecule has 0 aromatic heterocycles. The maximum atomic E-state index is 11.5. The lowest BCUT2D eigenvalue weighted by atomic mass is 10.3. The number of hydrogen-bond acceptors (Lipinski definition) is 8. The Hall–Kier alpha value is -2.38. The number of esters is 4. The third-order valence-electron chi connectivity index (χ3n) is 4.22. The van der Waals surface area contributed by atoms with E-state index in [4.69, 9.17) is 9.47 Å². The zero-order chi connectivity index (χ0) is 18.8. The topological polar surface area (TPSA) is 105 Å². The summed E-state index contributed by atoms with van der Waals surface area (Å²) in [5, 5.41) is 0. The van der Waals surface area contributed by atoms with E-state index >= 15 is 0 Å². The van der Waals surface area contributed by atoms with Crippen molar-refractivity contribution in [2.24, 2.45) is 0 Å². The third-order valence-corrected chi connectivity index (χ3v) is 4.22. The van der Waals surface area contributed by atoms with Crippen LogP contribution in [0.25, 0.3) is 0 Å². The van der Waals surface area contributed by atoms with E-state index in [0.717, 1.165) is 63.5 Å². The third kappa shape index (κ3) is 7.67. The summed E-state index contributed by atoms with van der Waals surface area (Å²) in [4.78, 5) is 45.9. The average molecular weight is 368 g/mol. The van der Waals surface area contributed by atoms with Gasteiger partial charge in [0.15, 0.2) is 13.2 Å². The number of hydrogen-bond donors (Lipinski definition) is 0. The standard InChI is InChI=1S/C18H24O8/c19-15(23-11-17(21)25-13-5-1-2-6-13)9-10-16(20)24-12-18(22)26-14-7-3-4-8-14/h9-10,13-14H,1-8,11-12H2. The molecular weight excluding hydrogens is 344 g/mol. The molecule has 8 heteroatoms. The van der Waals surface area contributed by atoms with E-state index < -0.39 is 37.1 Å². The van der Waals surface area contributed by atoms with E-state index in [-0.39, 0.29) is 12.2 Å². The molecule has 2 saturated carbocycles. The molecule has 2 aliphatic rings. The van der Waals surface area contributed by atoms with Crippen LogP contribution in [0.5, 0.6) is 0 Å². The van der Waals surface area contributed by atoms with Crippen LogP contribution >= 0.6 is 0 Å². The molecule has 8 nitrogen and oxygen atoms in total. The van der Waals surface area contributed by atoms with E-state index in [2.05, 4.69) is 9.47 Å². The molecule has 0 atom stereocenters. The van der Waals surface area contributed by atoms with Crippen LogP contribution in [0.1, 0.15) is 51.4 Å². The Balaban J connectivity index is 1.56. The number of carbonyl (C=O) groups excluding carboxylic acids is 4. The molecule has 2 rings (SSSR count). The van der Waals surface area contributed by atoms with Gasteiger partial charge in [-0.05, 0) is 51.4 Å². The van der Waals surface area contributed by atoms with Gasteiger partial charge in [-0.15, -0.1) is 0 Å². The van der Waals surface area contributed by atoms with E-state index in [0.29, 0.717) is 0 Å². The quantitative estimate of drug-likeness (QED) is 0.361. The first-order chi connectivity index (χ1) is 12.5. The SMILES string of the molecule is O=C(C=CC(=O)OCC(=O)OC1CCCC1)OCC(=O)OC1CCCC1. The van der Waals surface area contributed by atoms with Gasteiger partial charge in [-0.2, -0.15) is 0 Å². The Morgan fingerprint density at radius 2 is 1.00 bits per heavy atom. The minimum atomic E-state index is -0.876. The van der Waals surface area contributed by atoms with Crippen molar-refractivity contribution in [3.8, 4) is 0 Å². The van der Waals surface area contributed by atoms with Gasteiger partial charge < -0.3 is 18.9 Å². The van der Waals surface area contributed by atoms with Gasteiger partial charge in [0, 0.05) is 12.2 Å². The maximum Gasteiger partial charge on any atom is 0.344 e. The van der Waals surface area contributed by atoms with Crippen LogP contribution in [-0.4, -0.2) is 49.3 Å². The molecule has 0 aliphatic heterocycles. The molecule has 0 aromatic carbocycles. The van der Waals surface area contributed by atoms with Crippen LogP contribution in [0.2, 0.25) is 0 Å². The van der Waals surface area contributed by atoms with Crippen LogP contribution in [0.15, 0.2) is 12.2 Å². The molecule has 0 spiro atoms. The molecule has 0 saturated heterocycles. The van der Waals surface area contributed by atoms with Gasteiger partial charge in [0.1, 0.15) is 12.2 Å². The maximum absolute atomic E-state index is 11.5. The fourth-order valence-corrected chi connectivity index (χ4v) is 2.94. The smallest absolute Gasteiger partial charge is 0.344 e. The first-order valence-corrected chi connectivity index (χ1v) is 8.93. The zero-order valence-electron chi connectivity index (χ0n) is 14.6. The van der Waals surface area contributed by atoms with Gasteiger partial charge in [-0.3, -0.25) is 0 Å². The second kappa shape index (κ2) is 10.6. The summed E-state index contributed by atoms with van der Waals surface area (Å²) in [6.45, 7) is -1.02. The average Bonchev–Trinajstić information content (AvgIpc) is 3.30. The molecule has 0 amide bonds. The lowest BCUT2D eigenvalue weighted by molar-refractivity contribution is -0.160. The molecule has 2 aliphatic carbocycles. The molecule has 0 heterocycles. The lowest BCUT2D eigenvalue weighted by Gasteiger charge is -2.11. The van der Waals surface area contributed by atoms with E-state index in [9.17, 15) is 19.2 Å². The van der Waals surface area contributed by atoms with Crippen LogP contribution in [0, 0.1) is 0 Å². The van der Waals surface area contributed by atoms with Crippen molar-refractivity contribution < 1.29 is 38.1 Å². The van der Waals surface area contributed by atoms with Crippen molar-refractivity contribution in [3.05, 3.63) is 12.2 Å². The van der Waals surface area contributed by atoms with Gasteiger partial charge in [0.2, 0.25) is 0 Å². The van der Waals surface area contributed by atoms with E-state index in [1.165, 1.54) is 0 Å². The molecule has 0 N–H and O–H groups in total. The van der Waals surface area contributed by atoms with Crippen LogP contribution in [-0.2, 0) is 38.1 Å². The summed E-state index contributed by atoms with van der Waals surface area (Å²) in [7, 11) is 0. The number of rotatable bonds is 8. The highest BCUT2D eigenvalue weighted by Gasteiger charge is 2.20. The Morgan fingerprint density at radius 1 is 0.654 bits per heavy atom. The summed E-state index contributed by atoms with van der Waals surface area (Å²) in [6.07, 6.45) is 8.86. The van der Waals surface area contributed by atoms with Crippen molar-refractivity contribution in [1.82, 2.24) is 0 Å². The zero-order valence-corrected chi connectivity index (χ0v) is 14.6. The first kappa shape index (κ1) is 19.9. The van der Waals surface area contributed by atoms with Crippen molar-refractivity contribution in [3.63, 3.8) is 0 Å². The van der Waals surface area contributed by atoms with Gasteiger partial charge in [-0.1, -0.05) is 0 Å². The highest BCUT2D eigenvalue weighted by molar-refractivity contribution is 5.93. The Kier molecular flexibility index (Phi) is 8.11. The van der Waals surface area contributed by atoms with E-state index in [1.54, 1.807) is 0 Å². The Morgan fingerprint density at radius 3 is 1.35 bits per heavy atom. The first-order valence-electron chi connectivity index (χ1n) is 8.93. The van der Waals surface area contributed by atoms with Crippen molar-refractivity contribution in [2.75, 3.05) is 13.2 Å². The van der Waals surface area contributed by atoms with Crippen LogP contribution < -0.4 is 0 Å². The summed E-state index contributed by atoms with van der Waals surface area (Å²) in [5.41, 5.74) is 0. The van der Waals surface area contributed by atoms with Crippen molar-refractivity contribution in [1.29, 1.82) is 0 Å². The molecule has 144 valence electrons. The molecule has 0 aromatic rings. The van der Waals surface area contributed by atoms with Crippen LogP contribution in [0.4, 0.5) is 0 Å². The normalized spacial score (nSPS) is 18.0. The molecule has 0 unspecified atom stereocenters. The fourth-order valence-electron chi connectivity index (χ4n) is 2.94. The molecule has 0 bridgehead atoms. The lowest BCUT2D eigenvalue weighted by Crippen LogP contribution is -2.21. The molecule has 0 radical (unpaired) electrons. The predicted molar refractivity (Wildman–Crippen MR) is 87.8 cm³/mol. The fraction of sp³-hybridized carbons (Fsp3) is 0.667. The monoisotopic (exact) mass is 368 g/mol. The summed E-state index contributed by atoms with van der Waals surface area (Å²) < 4.78 is 19.6. The predicted octanol–water partition coefficient (Wildman–Crippen LogP) is 1.60. The Bertz CT molecular complexity index is 493. The summed E-state index contributed by atoms with van der Waals surface area (Å²) >= 11 is 0. The van der Waals surface area contributed by atoms with Gasteiger partial charge >= 0.3 is 23.9 Å². The van der Waals surface area contributed by atoms with Gasteiger partial charge in [-0.25, -0.2) is 19.2 Å². The number of carbonyl (C=O) groups is 4. The number of ether oxygens (including phenoxy) is 4. The van der Waals surface area contributed by atoms with Crippen molar-refractivity contribution in [2.45, 2.75) is 63.6 Å². The minimum Gasteiger partial charge on any atom is -0.460 e. The molecule has 26 heavy (non-hydrogen) atoms. The largest absolute Gasteiger partial charge is 0.460 e. The minimum absolute atomic E-state index is 0.101. The molecule has 2 fully saturated rings. The second-order valence-electron chi connectivity index (χ2n) is 6.34.